The van der Waals surface area contributed by atoms with Gasteiger partial charge in [0.2, 0.25) is 5.91 Å². The van der Waals surface area contributed by atoms with Crippen LogP contribution in [0.3, 0.4) is 0 Å². The Bertz CT molecular complexity index is 812. The van der Waals surface area contributed by atoms with Gasteiger partial charge in [-0.2, -0.15) is 0 Å². The van der Waals surface area contributed by atoms with E-state index in [1.54, 1.807) is 19.1 Å². The molecule has 0 radical (unpaired) electrons. The first kappa shape index (κ1) is 13.2. The van der Waals surface area contributed by atoms with E-state index in [-0.39, 0.29) is 18.1 Å². The Morgan fingerprint density at radius 3 is 2.90 bits per heavy atom. The number of nitrogens with one attached hydrogen (secondary N) is 1. The van der Waals surface area contributed by atoms with Crippen molar-refractivity contribution >= 4 is 22.6 Å². The van der Waals surface area contributed by atoms with E-state index in [2.05, 4.69) is 15.6 Å². The van der Waals surface area contributed by atoms with Gasteiger partial charge in [0.05, 0.1) is 11.2 Å². The summed E-state index contributed by atoms with van der Waals surface area (Å²) in [6.45, 7) is 1.77. The van der Waals surface area contributed by atoms with Gasteiger partial charge in [0, 0.05) is 0 Å². The van der Waals surface area contributed by atoms with Gasteiger partial charge in [-0.05, 0) is 36.8 Å². The van der Waals surface area contributed by atoms with E-state index in [1.165, 1.54) is 10.7 Å². The number of nitrogens with zero attached hydrogens (tertiary/aromatic N) is 3. The van der Waals surface area contributed by atoms with Gasteiger partial charge < -0.3 is 5.32 Å². The number of benzene rings is 2. The maximum Gasteiger partial charge on any atom is 0.246 e. The van der Waals surface area contributed by atoms with Crippen LogP contribution < -0.4 is 5.32 Å². The van der Waals surface area contributed by atoms with E-state index >= 15 is 0 Å². The molecule has 5 nitrogen and oxygen atoms in total. The number of carbonyl (C=O) groups is 1. The van der Waals surface area contributed by atoms with E-state index in [0.717, 1.165) is 11.1 Å². The molecule has 3 rings (SSSR count). The number of carbonyl (C=O) groups excluding carboxylic acids is 1. The second kappa shape index (κ2) is 5.32. The van der Waals surface area contributed by atoms with Gasteiger partial charge in [-0.15, -0.1) is 5.10 Å². The number of anilines is 1. The number of amides is 1. The van der Waals surface area contributed by atoms with Crippen LogP contribution in [0.1, 0.15) is 5.56 Å². The molecule has 1 aromatic heterocycles. The summed E-state index contributed by atoms with van der Waals surface area (Å²) in [6, 6.07) is 12.0. The molecular formula is C15H13FN4O. The molecule has 2 aromatic carbocycles. The van der Waals surface area contributed by atoms with Gasteiger partial charge in [-0.1, -0.05) is 23.4 Å². The molecule has 106 valence electrons. The van der Waals surface area contributed by atoms with Gasteiger partial charge in [-0.3, -0.25) is 4.79 Å². The van der Waals surface area contributed by atoms with Crippen molar-refractivity contribution in [1.82, 2.24) is 15.0 Å². The second-order valence-corrected chi connectivity index (χ2v) is 4.77. The quantitative estimate of drug-likeness (QED) is 0.804. The SMILES string of the molecule is Cc1ccc(NC(=O)Cn2nnc3ccccc32)c(F)c1. The average molecular weight is 284 g/mol. The summed E-state index contributed by atoms with van der Waals surface area (Å²) in [5, 5.41) is 10.4. The van der Waals surface area contributed by atoms with Gasteiger partial charge in [0.1, 0.15) is 17.9 Å². The molecule has 0 fully saturated rings. The maximum absolute atomic E-state index is 13.7. The lowest BCUT2D eigenvalue weighted by atomic mass is 10.2. The van der Waals surface area contributed by atoms with Crippen molar-refractivity contribution in [3.8, 4) is 0 Å². The fourth-order valence-electron chi connectivity index (χ4n) is 2.08. The van der Waals surface area contributed by atoms with E-state index in [4.69, 9.17) is 0 Å². The van der Waals surface area contributed by atoms with Crippen molar-refractivity contribution in [2.75, 3.05) is 5.32 Å². The fourth-order valence-corrected chi connectivity index (χ4v) is 2.08. The average Bonchev–Trinajstić information content (AvgIpc) is 2.85. The number of hydrogen-bond donors (Lipinski definition) is 1. The lowest BCUT2D eigenvalue weighted by Gasteiger charge is -2.07. The number of hydrogen-bond acceptors (Lipinski definition) is 3. The third-order valence-electron chi connectivity index (χ3n) is 3.11. The lowest BCUT2D eigenvalue weighted by Crippen LogP contribution is -2.20. The Kier molecular flexibility index (Phi) is 3.35. The topological polar surface area (TPSA) is 59.8 Å². The molecule has 0 saturated heterocycles. The summed E-state index contributed by atoms with van der Waals surface area (Å²) >= 11 is 0. The molecule has 1 heterocycles. The monoisotopic (exact) mass is 284 g/mol. The highest BCUT2D eigenvalue weighted by Crippen LogP contribution is 2.15. The van der Waals surface area contributed by atoms with E-state index < -0.39 is 5.82 Å². The third kappa shape index (κ3) is 2.74. The molecule has 0 aliphatic heterocycles. The molecule has 3 aromatic rings. The van der Waals surface area contributed by atoms with Crippen LogP contribution in [0.5, 0.6) is 0 Å². The van der Waals surface area contributed by atoms with Crippen LogP contribution in [0.4, 0.5) is 10.1 Å². The van der Waals surface area contributed by atoms with Gasteiger partial charge in [0.25, 0.3) is 0 Å². The highest BCUT2D eigenvalue weighted by atomic mass is 19.1. The highest BCUT2D eigenvalue weighted by Gasteiger charge is 2.10. The molecule has 1 amide bonds. The van der Waals surface area contributed by atoms with Crippen LogP contribution in [0.25, 0.3) is 11.0 Å². The zero-order chi connectivity index (χ0) is 14.8. The number of rotatable bonds is 3. The summed E-state index contributed by atoms with van der Waals surface area (Å²) in [7, 11) is 0. The smallest absolute Gasteiger partial charge is 0.246 e. The van der Waals surface area contributed by atoms with E-state index in [1.807, 2.05) is 24.3 Å². The first-order valence-electron chi connectivity index (χ1n) is 6.48. The van der Waals surface area contributed by atoms with Crippen LogP contribution in [-0.4, -0.2) is 20.9 Å². The normalized spacial score (nSPS) is 10.8. The molecule has 21 heavy (non-hydrogen) atoms. The maximum atomic E-state index is 13.7. The third-order valence-corrected chi connectivity index (χ3v) is 3.11. The molecule has 0 bridgehead atoms. The Labute approximate surface area is 120 Å². The second-order valence-electron chi connectivity index (χ2n) is 4.77. The largest absolute Gasteiger partial charge is 0.322 e. The Morgan fingerprint density at radius 2 is 2.10 bits per heavy atom. The van der Waals surface area contributed by atoms with Crippen molar-refractivity contribution in [3.63, 3.8) is 0 Å². The van der Waals surface area contributed by atoms with E-state index in [9.17, 15) is 9.18 Å². The number of fused-ring (bicyclic) bond motifs is 1. The van der Waals surface area contributed by atoms with Crippen molar-refractivity contribution in [2.45, 2.75) is 13.5 Å². The van der Waals surface area contributed by atoms with Crippen LogP contribution in [0.15, 0.2) is 42.5 Å². The Morgan fingerprint density at radius 1 is 1.29 bits per heavy atom. The first-order valence-corrected chi connectivity index (χ1v) is 6.48. The molecule has 6 heteroatoms. The van der Waals surface area contributed by atoms with Crippen LogP contribution in [0, 0.1) is 12.7 Å². The zero-order valence-electron chi connectivity index (χ0n) is 11.4. The Balaban J connectivity index is 1.77. The highest BCUT2D eigenvalue weighted by molar-refractivity contribution is 5.91. The summed E-state index contributed by atoms with van der Waals surface area (Å²) < 4.78 is 15.2. The van der Waals surface area contributed by atoms with Crippen LogP contribution >= 0.6 is 0 Å². The minimum atomic E-state index is -0.452. The minimum Gasteiger partial charge on any atom is -0.322 e. The van der Waals surface area contributed by atoms with Crippen molar-refractivity contribution < 1.29 is 9.18 Å². The number of aryl methyl sites for hydroxylation is 1. The molecule has 1 N–H and O–H groups in total. The van der Waals surface area contributed by atoms with Gasteiger partial charge in [0.15, 0.2) is 0 Å². The molecule has 0 unspecified atom stereocenters. The predicted molar refractivity (Wildman–Crippen MR) is 77.3 cm³/mol. The minimum absolute atomic E-state index is 0.0200. The molecular weight excluding hydrogens is 271 g/mol. The number of halogens is 1. The van der Waals surface area contributed by atoms with Gasteiger partial charge >= 0.3 is 0 Å². The summed E-state index contributed by atoms with van der Waals surface area (Å²) in [6.07, 6.45) is 0. The van der Waals surface area contributed by atoms with Crippen molar-refractivity contribution in [1.29, 1.82) is 0 Å². The van der Waals surface area contributed by atoms with Crippen LogP contribution in [-0.2, 0) is 11.3 Å². The fraction of sp³-hybridized carbons (Fsp3) is 0.133. The van der Waals surface area contributed by atoms with Crippen LogP contribution in [0.2, 0.25) is 0 Å². The predicted octanol–water partition coefficient (Wildman–Crippen LogP) is 2.52. The standard InChI is InChI=1S/C15H13FN4O/c1-10-6-7-12(11(16)8-10)17-15(21)9-20-14-5-3-2-4-13(14)18-19-20/h2-8H,9H2,1H3,(H,17,21). The molecule has 0 aliphatic rings. The summed E-state index contributed by atoms with van der Waals surface area (Å²) in [5.41, 5.74) is 2.44. The summed E-state index contributed by atoms with van der Waals surface area (Å²) in [5.74, 6) is -0.805. The molecule has 0 saturated carbocycles. The molecule has 0 atom stereocenters. The Hall–Kier alpha value is -2.76. The van der Waals surface area contributed by atoms with Gasteiger partial charge in [-0.25, -0.2) is 9.07 Å². The molecule has 0 aliphatic carbocycles. The number of para-hydroxylation sites is 1. The summed E-state index contributed by atoms with van der Waals surface area (Å²) in [4.78, 5) is 12.0. The van der Waals surface area contributed by atoms with Crippen molar-refractivity contribution in [2.24, 2.45) is 0 Å². The lowest BCUT2D eigenvalue weighted by molar-refractivity contribution is -0.116. The zero-order valence-corrected chi connectivity index (χ0v) is 11.4. The van der Waals surface area contributed by atoms with Crippen molar-refractivity contribution in [3.05, 3.63) is 53.8 Å². The first-order chi connectivity index (χ1) is 10.1. The van der Waals surface area contributed by atoms with E-state index in [0.29, 0.717) is 5.52 Å². The molecule has 0 spiro atoms. The number of aromatic nitrogens is 3.